The number of ether oxygens (including phenoxy) is 1. The molecule has 0 aliphatic carbocycles. The second-order valence-corrected chi connectivity index (χ2v) is 5.12. The summed E-state index contributed by atoms with van der Waals surface area (Å²) < 4.78 is 4.79. The number of allylic oxidation sites excluding steroid dienone is 11. The predicted octanol–water partition coefficient (Wildman–Crippen LogP) is 6.25. The van der Waals surface area contributed by atoms with Crippen molar-refractivity contribution in [1.82, 2.24) is 0 Å². The number of carbonyl (C=O) groups excluding carboxylic acids is 1. The Morgan fingerprint density at radius 3 is 1.83 bits per heavy atom. The number of esters is 1. The van der Waals surface area contributed by atoms with Gasteiger partial charge in [-0.3, -0.25) is 0 Å². The van der Waals surface area contributed by atoms with Gasteiger partial charge in [0.1, 0.15) is 0 Å². The van der Waals surface area contributed by atoms with Crippen molar-refractivity contribution >= 4 is 5.97 Å². The molecule has 0 spiro atoms. The predicted molar refractivity (Wildman–Crippen MR) is 105 cm³/mol. The zero-order valence-electron chi connectivity index (χ0n) is 15.2. The number of carbonyl (C=O) groups is 1. The molecule has 0 rings (SSSR count). The van der Waals surface area contributed by atoms with Gasteiger partial charge in [-0.2, -0.15) is 0 Å². The average Bonchev–Trinajstić information content (AvgIpc) is 2.58. The lowest BCUT2D eigenvalue weighted by molar-refractivity contribution is -0.137. The molecule has 0 N–H and O–H groups in total. The highest BCUT2D eigenvalue weighted by molar-refractivity contribution is 5.82. The van der Waals surface area contributed by atoms with Crippen molar-refractivity contribution in [2.75, 3.05) is 6.61 Å². The van der Waals surface area contributed by atoms with E-state index >= 15 is 0 Å². The van der Waals surface area contributed by atoms with E-state index in [4.69, 9.17) is 4.74 Å². The van der Waals surface area contributed by atoms with Gasteiger partial charge in [0.25, 0.3) is 0 Å². The van der Waals surface area contributed by atoms with Gasteiger partial charge in [-0.1, -0.05) is 73.8 Å². The molecular weight excluding hydrogens is 296 g/mol. The summed E-state index contributed by atoms with van der Waals surface area (Å²) in [6.07, 6.45) is 30.8. The lowest BCUT2D eigenvalue weighted by atomic mass is 10.2. The van der Waals surface area contributed by atoms with Crippen molar-refractivity contribution in [3.05, 3.63) is 72.9 Å². The molecule has 0 atom stereocenters. The van der Waals surface area contributed by atoms with Gasteiger partial charge < -0.3 is 4.74 Å². The zero-order chi connectivity index (χ0) is 17.7. The van der Waals surface area contributed by atoms with E-state index in [2.05, 4.69) is 55.5 Å². The summed E-state index contributed by atoms with van der Waals surface area (Å²) in [5.74, 6) is -0.291. The van der Waals surface area contributed by atoms with Crippen LogP contribution in [0.15, 0.2) is 72.9 Å². The fraction of sp³-hybridized carbons (Fsp3) is 0.409. The van der Waals surface area contributed by atoms with Crippen LogP contribution < -0.4 is 0 Å². The maximum atomic E-state index is 11.0. The first-order valence-electron chi connectivity index (χ1n) is 8.91. The third kappa shape index (κ3) is 18.0. The average molecular weight is 328 g/mol. The quantitative estimate of drug-likeness (QED) is 0.131. The molecule has 0 aromatic carbocycles. The Hall–Kier alpha value is -2.09. The van der Waals surface area contributed by atoms with Gasteiger partial charge in [-0.05, 0) is 45.4 Å². The normalized spacial score (nSPS) is 12.9. The molecular formula is C22H32O2. The fourth-order valence-corrected chi connectivity index (χ4v) is 1.79. The molecule has 24 heavy (non-hydrogen) atoms. The van der Waals surface area contributed by atoms with E-state index in [0.717, 1.165) is 38.5 Å². The van der Waals surface area contributed by atoms with Gasteiger partial charge in [-0.15, -0.1) is 0 Å². The third-order valence-corrected chi connectivity index (χ3v) is 2.98. The Morgan fingerprint density at radius 2 is 1.25 bits per heavy atom. The van der Waals surface area contributed by atoms with E-state index in [-0.39, 0.29) is 5.97 Å². The molecule has 0 fully saturated rings. The first-order valence-corrected chi connectivity index (χ1v) is 8.91. The van der Waals surface area contributed by atoms with E-state index in [9.17, 15) is 4.79 Å². The highest BCUT2D eigenvalue weighted by atomic mass is 16.5. The lowest BCUT2D eigenvalue weighted by Crippen LogP contribution is -1.98. The number of hydrogen-bond donors (Lipinski definition) is 0. The minimum Gasteiger partial charge on any atom is -0.463 e. The Balaban J connectivity index is 3.57. The molecule has 0 bridgehead atoms. The van der Waals surface area contributed by atoms with Crippen LogP contribution in [0, 0.1) is 0 Å². The first kappa shape index (κ1) is 21.9. The topological polar surface area (TPSA) is 26.3 Å². The molecule has 132 valence electrons. The van der Waals surface area contributed by atoms with E-state index in [1.54, 1.807) is 13.0 Å². The summed E-state index contributed by atoms with van der Waals surface area (Å²) in [6.45, 7) is 4.36. The van der Waals surface area contributed by atoms with Gasteiger partial charge in [0, 0.05) is 6.08 Å². The van der Waals surface area contributed by atoms with E-state index in [0.29, 0.717) is 6.61 Å². The highest BCUT2D eigenvalue weighted by Crippen LogP contribution is 1.97. The summed E-state index contributed by atoms with van der Waals surface area (Å²) in [7, 11) is 0. The Morgan fingerprint density at radius 1 is 0.708 bits per heavy atom. The summed E-state index contributed by atoms with van der Waals surface area (Å²) in [4.78, 5) is 11.0. The van der Waals surface area contributed by atoms with Crippen molar-refractivity contribution in [2.24, 2.45) is 0 Å². The summed E-state index contributed by atoms with van der Waals surface area (Å²) in [5.41, 5.74) is 0. The Labute approximate surface area is 148 Å². The van der Waals surface area contributed by atoms with Crippen LogP contribution in [0.3, 0.4) is 0 Å². The van der Waals surface area contributed by atoms with Crippen molar-refractivity contribution in [1.29, 1.82) is 0 Å². The lowest BCUT2D eigenvalue weighted by Gasteiger charge is -1.92. The van der Waals surface area contributed by atoms with Gasteiger partial charge >= 0.3 is 5.97 Å². The third-order valence-electron chi connectivity index (χ3n) is 2.98. The van der Waals surface area contributed by atoms with Crippen LogP contribution in [0.25, 0.3) is 0 Å². The van der Waals surface area contributed by atoms with Crippen molar-refractivity contribution in [3.63, 3.8) is 0 Å². The van der Waals surface area contributed by atoms with E-state index in [1.165, 1.54) is 6.08 Å². The molecule has 2 nitrogen and oxygen atoms in total. The molecule has 0 amide bonds. The Kier molecular flexibility index (Phi) is 17.3. The fourth-order valence-electron chi connectivity index (χ4n) is 1.79. The van der Waals surface area contributed by atoms with Crippen molar-refractivity contribution in [2.45, 2.75) is 52.4 Å². The van der Waals surface area contributed by atoms with Crippen LogP contribution in [-0.4, -0.2) is 12.6 Å². The maximum Gasteiger partial charge on any atom is 0.330 e. The minimum absolute atomic E-state index is 0.291. The molecule has 0 saturated carbocycles. The van der Waals surface area contributed by atoms with Crippen molar-refractivity contribution < 1.29 is 9.53 Å². The molecule has 0 aromatic heterocycles. The van der Waals surface area contributed by atoms with Crippen LogP contribution >= 0.6 is 0 Å². The SMILES string of the molecule is CC/C=C\C/C=C\C/C=C\C/C=C\CC/C=C/C=C/C(=O)OCC. The molecule has 0 aliphatic rings. The molecule has 0 unspecified atom stereocenters. The second kappa shape index (κ2) is 19.0. The number of rotatable bonds is 13. The number of hydrogen-bond acceptors (Lipinski definition) is 2. The molecule has 0 aliphatic heterocycles. The minimum atomic E-state index is -0.291. The van der Waals surface area contributed by atoms with Gasteiger partial charge in [0.2, 0.25) is 0 Å². The molecule has 0 radical (unpaired) electrons. The monoisotopic (exact) mass is 328 g/mol. The largest absolute Gasteiger partial charge is 0.463 e. The standard InChI is InChI=1S/C22H32O2/c1-3-5-6-7-8-9-10-11-12-13-14-15-16-17-18-19-20-21-22(23)24-4-2/h5-6,8-9,11-12,14-15,18-21H,3-4,7,10,13,16-17H2,1-2H3/b6-5-,9-8-,12-11-,15-14-,19-18+,21-20+. The van der Waals surface area contributed by atoms with Crippen molar-refractivity contribution in [3.8, 4) is 0 Å². The van der Waals surface area contributed by atoms with E-state index in [1.807, 2.05) is 12.2 Å². The summed E-state index contributed by atoms with van der Waals surface area (Å²) in [6, 6.07) is 0. The van der Waals surface area contributed by atoms with E-state index < -0.39 is 0 Å². The highest BCUT2D eigenvalue weighted by Gasteiger charge is 1.89. The molecule has 0 aromatic rings. The van der Waals surface area contributed by atoms with Gasteiger partial charge in [-0.25, -0.2) is 4.79 Å². The van der Waals surface area contributed by atoms with Crippen LogP contribution in [0.4, 0.5) is 0 Å². The maximum absolute atomic E-state index is 11.0. The zero-order valence-corrected chi connectivity index (χ0v) is 15.2. The van der Waals surface area contributed by atoms with Gasteiger partial charge in [0.15, 0.2) is 0 Å². The smallest absolute Gasteiger partial charge is 0.330 e. The molecule has 0 heterocycles. The van der Waals surface area contributed by atoms with Crippen LogP contribution in [0.2, 0.25) is 0 Å². The summed E-state index contributed by atoms with van der Waals surface area (Å²) >= 11 is 0. The first-order chi connectivity index (χ1) is 11.8. The van der Waals surface area contributed by atoms with Crippen LogP contribution in [-0.2, 0) is 9.53 Å². The van der Waals surface area contributed by atoms with Crippen LogP contribution in [0.5, 0.6) is 0 Å². The van der Waals surface area contributed by atoms with Gasteiger partial charge in [0.05, 0.1) is 6.61 Å². The molecule has 0 saturated heterocycles. The Bertz CT molecular complexity index is 462. The number of unbranched alkanes of at least 4 members (excludes halogenated alkanes) is 1. The second-order valence-electron chi connectivity index (χ2n) is 5.12. The summed E-state index contributed by atoms with van der Waals surface area (Å²) in [5, 5.41) is 0. The van der Waals surface area contributed by atoms with Crippen LogP contribution in [0.1, 0.15) is 52.4 Å². The molecule has 2 heteroatoms.